The quantitative estimate of drug-likeness (QED) is 0.747. The molecule has 3 aliphatic rings. The first-order valence-corrected chi connectivity index (χ1v) is 9.53. The van der Waals surface area contributed by atoms with E-state index in [4.69, 9.17) is 9.47 Å². The molecular weight excluding hydrogens is 372 g/mol. The second-order valence-electron chi connectivity index (χ2n) is 7.33. The average Bonchev–Trinajstić information content (AvgIpc) is 3.44. The molecule has 0 N–H and O–H groups in total. The van der Waals surface area contributed by atoms with Crippen LogP contribution in [0.15, 0.2) is 46.7 Å². The Labute approximate surface area is 167 Å². The van der Waals surface area contributed by atoms with Crippen LogP contribution in [0.3, 0.4) is 0 Å². The topological polar surface area (TPSA) is 83.8 Å². The SMILES string of the molecule is COc1cc(OC)cc(N2N=N[C@@H]3C(=O)N(c4ccc5c(c4)CCC5)C(=O)[C@@H]32)c1. The van der Waals surface area contributed by atoms with Crippen molar-refractivity contribution in [2.45, 2.75) is 31.3 Å². The Morgan fingerprint density at radius 3 is 2.34 bits per heavy atom. The molecule has 5 rings (SSSR count). The van der Waals surface area contributed by atoms with Crippen LogP contribution in [0.1, 0.15) is 17.5 Å². The summed E-state index contributed by atoms with van der Waals surface area (Å²) >= 11 is 0. The number of aryl methyl sites for hydroxylation is 2. The highest BCUT2D eigenvalue weighted by Gasteiger charge is 2.55. The van der Waals surface area contributed by atoms with Gasteiger partial charge in [-0.15, -0.1) is 0 Å². The minimum Gasteiger partial charge on any atom is -0.497 e. The standard InChI is InChI=1S/C21H20N4O4/c1-28-16-9-15(10-17(11-16)29-2)25-19-18(22-23-25)20(26)24(21(19)27)14-7-6-12-4-3-5-13(12)8-14/h6-11,18-19H,3-5H2,1-2H3/t18-,19+/m0/s1. The second kappa shape index (κ2) is 6.58. The van der Waals surface area contributed by atoms with E-state index in [0.29, 0.717) is 22.9 Å². The van der Waals surface area contributed by atoms with Crippen LogP contribution in [0, 0.1) is 0 Å². The first kappa shape index (κ1) is 17.7. The van der Waals surface area contributed by atoms with Crippen LogP contribution in [-0.2, 0) is 22.4 Å². The summed E-state index contributed by atoms with van der Waals surface area (Å²) < 4.78 is 10.6. The molecule has 2 heterocycles. The molecule has 2 aliphatic heterocycles. The van der Waals surface area contributed by atoms with E-state index in [1.165, 1.54) is 21.0 Å². The van der Waals surface area contributed by atoms with Crippen molar-refractivity contribution in [1.82, 2.24) is 0 Å². The summed E-state index contributed by atoms with van der Waals surface area (Å²) in [5.41, 5.74) is 3.68. The van der Waals surface area contributed by atoms with Crippen molar-refractivity contribution in [3.8, 4) is 11.5 Å². The fourth-order valence-electron chi connectivity index (χ4n) is 4.25. The molecule has 29 heavy (non-hydrogen) atoms. The summed E-state index contributed by atoms with van der Waals surface area (Å²) in [5.74, 6) is 0.444. The molecule has 0 spiro atoms. The van der Waals surface area contributed by atoms with Crippen molar-refractivity contribution in [3.05, 3.63) is 47.5 Å². The minimum absolute atomic E-state index is 0.329. The van der Waals surface area contributed by atoms with E-state index in [1.807, 2.05) is 18.2 Å². The van der Waals surface area contributed by atoms with Crippen LogP contribution in [0.5, 0.6) is 11.5 Å². The number of ether oxygens (including phenoxy) is 2. The maximum atomic E-state index is 13.3. The lowest BCUT2D eigenvalue weighted by Gasteiger charge is -2.21. The van der Waals surface area contributed by atoms with E-state index in [-0.39, 0.29) is 11.8 Å². The number of hydrogen-bond donors (Lipinski definition) is 0. The Bertz CT molecular complexity index is 1030. The average molecular weight is 392 g/mol. The number of hydrogen-bond acceptors (Lipinski definition) is 7. The van der Waals surface area contributed by atoms with Crippen LogP contribution >= 0.6 is 0 Å². The Morgan fingerprint density at radius 2 is 1.62 bits per heavy atom. The van der Waals surface area contributed by atoms with Crippen molar-refractivity contribution >= 4 is 23.2 Å². The van der Waals surface area contributed by atoms with E-state index in [0.717, 1.165) is 19.3 Å². The molecule has 2 atom stereocenters. The van der Waals surface area contributed by atoms with E-state index in [1.54, 1.807) is 32.4 Å². The van der Waals surface area contributed by atoms with Crippen LogP contribution < -0.4 is 19.4 Å². The lowest BCUT2D eigenvalue weighted by Crippen LogP contribution is -2.40. The number of rotatable bonds is 4. The number of nitrogens with zero attached hydrogens (tertiary/aromatic N) is 4. The predicted molar refractivity (Wildman–Crippen MR) is 105 cm³/mol. The van der Waals surface area contributed by atoms with E-state index >= 15 is 0 Å². The number of anilines is 2. The molecule has 8 nitrogen and oxygen atoms in total. The predicted octanol–water partition coefficient (Wildman–Crippen LogP) is 2.69. The van der Waals surface area contributed by atoms with Crippen LogP contribution in [0.25, 0.3) is 0 Å². The molecule has 1 fully saturated rings. The zero-order valence-corrected chi connectivity index (χ0v) is 16.2. The summed E-state index contributed by atoms with van der Waals surface area (Å²) in [4.78, 5) is 27.5. The van der Waals surface area contributed by atoms with Gasteiger partial charge in [-0.05, 0) is 42.5 Å². The van der Waals surface area contributed by atoms with E-state index < -0.39 is 12.1 Å². The van der Waals surface area contributed by atoms with Gasteiger partial charge in [0.1, 0.15) is 11.5 Å². The van der Waals surface area contributed by atoms with E-state index in [2.05, 4.69) is 10.3 Å². The third-order valence-corrected chi connectivity index (χ3v) is 5.72. The highest BCUT2D eigenvalue weighted by atomic mass is 16.5. The van der Waals surface area contributed by atoms with Crippen LogP contribution in [0.4, 0.5) is 11.4 Å². The van der Waals surface area contributed by atoms with Gasteiger partial charge in [0.2, 0.25) is 0 Å². The van der Waals surface area contributed by atoms with Crippen LogP contribution in [0.2, 0.25) is 0 Å². The van der Waals surface area contributed by atoms with Crippen molar-refractivity contribution < 1.29 is 19.1 Å². The minimum atomic E-state index is -0.854. The number of carbonyl (C=O) groups excluding carboxylic acids is 2. The smallest absolute Gasteiger partial charge is 0.263 e. The summed E-state index contributed by atoms with van der Waals surface area (Å²) in [6.07, 6.45) is 3.12. The molecule has 0 bridgehead atoms. The number of imide groups is 1. The highest BCUT2D eigenvalue weighted by Crippen LogP contribution is 2.38. The molecule has 0 aromatic heterocycles. The number of benzene rings is 2. The van der Waals surface area contributed by atoms with Crippen molar-refractivity contribution in [3.63, 3.8) is 0 Å². The van der Waals surface area contributed by atoms with Gasteiger partial charge in [-0.25, -0.2) is 9.91 Å². The summed E-state index contributed by atoms with van der Waals surface area (Å²) in [6, 6.07) is 9.34. The molecule has 1 saturated heterocycles. The van der Waals surface area contributed by atoms with Crippen molar-refractivity contribution in [2.24, 2.45) is 10.3 Å². The number of fused-ring (bicyclic) bond motifs is 2. The van der Waals surface area contributed by atoms with Gasteiger partial charge in [-0.3, -0.25) is 9.59 Å². The Hall–Kier alpha value is -3.42. The molecule has 8 heteroatoms. The van der Waals surface area contributed by atoms with Gasteiger partial charge >= 0.3 is 0 Å². The van der Waals surface area contributed by atoms with Gasteiger partial charge in [-0.2, -0.15) is 5.11 Å². The summed E-state index contributed by atoms with van der Waals surface area (Å²) in [5, 5.41) is 9.69. The fourth-order valence-corrected chi connectivity index (χ4v) is 4.25. The van der Waals surface area contributed by atoms with Gasteiger partial charge in [0, 0.05) is 18.2 Å². The zero-order chi connectivity index (χ0) is 20.1. The maximum absolute atomic E-state index is 13.3. The molecule has 0 saturated carbocycles. The summed E-state index contributed by atoms with van der Waals surface area (Å²) in [6.45, 7) is 0. The Morgan fingerprint density at radius 1 is 0.897 bits per heavy atom. The molecule has 148 valence electrons. The summed E-state index contributed by atoms with van der Waals surface area (Å²) in [7, 11) is 3.10. The van der Waals surface area contributed by atoms with Gasteiger partial charge in [0.25, 0.3) is 11.8 Å². The molecule has 0 unspecified atom stereocenters. The van der Waals surface area contributed by atoms with Crippen molar-refractivity contribution in [1.29, 1.82) is 0 Å². The molecule has 0 radical (unpaired) electrons. The normalized spacial score (nSPS) is 22.3. The lowest BCUT2D eigenvalue weighted by atomic mass is 10.1. The third-order valence-electron chi connectivity index (χ3n) is 5.72. The largest absolute Gasteiger partial charge is 0.497 e. The maximum Gasteiger partial charge on any atom is 0.263 e. The highest BCUT2D eigenvalue weighted by molar-refractivity contribution is 6.26. The number of amides is 2. The van der Waals surface area contributed by atoms with Gasteiger partial charge in [-0.1, -0.05) is 11.3 Å². The molecule has 2 aromatic rings. The van der Waals surface area contributed by atoms with Gasteiger partial charge < -0.3 is 9.47 Å². The Balaban J connectivity index is 1.50. The molecule has 1 aliphatic carbocycles. The lowest BCUT2D eigenvalue weighted by molar-refractivity contribution is -0.121. The second-order valence-corrected chi connectivity index (χ2v) is 7.33. The van der Waals surface area contributed by atoms with Crippen LogP contribution in [-0.4, -0.2) is 38.1 Å². The number of carbonyl (C=O) groups is 2. The molecule has 2 aromatic carbocycles. The molecule has 2 amide bonds. The number of methoxy groups -OCH3 is 2. The Kier molecular flexibility index (Phi) is 4.01. The fraction of sp³-hybridized carbons (Fsp3) is 0.333. The van der Waals surface area contributed by atoms with Crippen molar-refractivity contribution in [2.75, 3.05) is 24.1 Å². The monoisotopic (exact) mass is 392 g/mol. The first-order chi connectivity index (χ1) is 14.1. The van der Waals surface area contributed by atoms with Gasteiger partial charge in [0.15, 0.2) is 12.1 Å². The van der Waals surface area contributed by atoms with Gasteiger partial charge in [0.05, 0.1) is 25.6 Å². The van der Waals surface area contributed by atoms with E-state index in [9.17, 15) is 9.59 Å². The molecular formula is C21H20N4O4. The zero-order valence-electron chi connectivity index (χ0n) is 16.2. The first-order valence-electron chi connectivity index (χ1n) is 9.53. The third kappa shape index (κ3) is 2.66.